The lowest BCUT2D eigenvalue weighted by Crippen LogP contribution is -2.27. The van der Waals surface area contributed by atoms with Crippen molar-refractivity contribution in [3.63, 3.8) is 0 Å². The Morgan fingerprint density at radius 1 is 1.33 bits per heavy atom. The molecule has 1 fully saturated rings. The number of hydrogen-bond donors (Lipinski definition) is 0. The number of halogens is 1. The van der Waals surface area contributed by atoms with Crippen LogP contribution in [0.1, 0.15) is 5.56 Å². The maximum absolute atomic E-state index is 13.0. The van der Waals surface area contributed by atoms with Gasteiger partial charge in [0, 0.05) is 18.8 Å². The number of amides is 1. The zero-order valence-electron chi connectivity index (χ0n) is 11.0. The van der Waals surface area contributed by atoms with Crippen LogP contribution in [0, 0.1) is 5.82 Å². The predicted octanol–water partition coefficient (Wildman–Crippen LogP) is 2.97. The molecule has 0 unspecified atom stereocenters. The first-order valence-electron chi connectivity index (χ1n) is 6.07. The number of aryl methyl sites for hydroxylation is 1. The van der Waals surface area contributed by atoms with Gasteiger partial charge in [0.05, 0.1) is 16.8 Å². The fourth-order valence-corrected chi connectivity index (χ4v) is 3.25. The molecule has 0 saturated carbocycles. The van der Waals surface area contributed by atoms with E-state index < -0.39 is 0 Å². The highest BCUT2D eigenvalue weighted by Crippen LogP contribution is 2.35. The van der Waals surface area contributed by atoms with E-state index in [1.807, 2.05) is 6.20 Å². The molecule has 21 heavy (non-hydrogen) atoms. The molecule has 2 aromatic rings. The Kier molecular flexibility index (Phi) is 3.60. The average molecular weight is 319 g/mol. The fraction of sp³-hybridized carbons (Fsp3) is 0.0714. The standard InChI is InChI=1S/C14H10FN3OS2/c1-17-8-9(7-16-17)6-12-13(19)18(14(20)21-12)11-4-2-10(15)3-5-11/h2-8H,1H3/b12-6-. The van der Waals surface area contributed by atoms with Gasteiger partial charge in [0.2, 0.25) is 0 Å². The van der Waals surface area contributed by atoms with Crippen LogP contribution in [0.2, 0.25) is 0 Å². The second kappa shape index (κ2) is 5.42. The molecule has 1 aromatic carbocycles. The highest BCUT2D eigenvalue weighted by molar-refractivity contribution is 8.27. The van der Waals surface area contributed by atoms with E-state index in [1.54, 1.807) is 24.0 Å². The Labute approximate surface area is 130 Å². The number of hydrogen-bond acceptors (Lipinski definition) is 4. The number of carbonyl (C=O) groups is 1. The summed E-state index contributed by atoms with van der Waals surface area (Å²) < 4.78 is 15.1. The van der Waals surface area contributed by atoms with Crippen LogP contribution < -0.4 is 4.90 Å². The van der Waals surface area contributed by atoms with Crippen molar-refractivity contribution in [3.05, 3.63) is 52.9 Å². The molecule has 1 aliphatic heterocycles. The first-order valence-corrected chi connectivity index (χ1v) is 7.29. The van der Waals surface area contributed by atoms with E-state index >= 15 is 0 Å². The molecule has 7 heteroatoms. The number of carbonyl (C=O) groups excluding carboxylic acids is 1. The highest BCUT2D eigenvalue weighted by atomic mass is 32.2. The maximum Gasteiger partial charge on any atom is 0.270 e. The molecular weight excluding hydrogens is 309 g/mol. The van der Waals surface area contributed by atoms with Gasteiger partial charge in [0.25, 0.3) is 5.91 Å². The van der Waals surface area contributed by atoms with Crippen LogP contribution in [-0.4, -0.2) is 20.0 Å². The van der Waals surface area contributed by atoms with E-state index in [1.165, 1.54) is 40.9 Å². The topological polar surface area (TPSA) is 38.1 Å². The van der Waals surface area contributed by atoms with Crippen molar-refractivity contribution in [3.8, 4) is 0 Å². The van der Waals surface area contributed by atoms with Gasteiger partial charge in [-0.1, -0.05) is 24.0 Å². The lowest BCUT2D eigenvalue weighted by Gasteiger charge is -2.14. The summed E-state index contributed by atoms with van der Waals surface area (Å²) in [5, 5.41) is 4.05. The van der Waals surface area contributed by atoms with Crippen molar-refractivity contribution in [2.24, 2.45) is 7.05 Å². The molecule has 3 rings (SSSR count). The van der Waals surface area contributed by atoms with Gasteiger partial charge in [-0.2, -0.15) is 5.10 Å². The highest BCUT2D eigenvalue weighted by Gasteiger charge is 2.33. The van der Waals surface area contributed by atoms with E-state index in [-0.39, 0.29) is 11.7 Å². The summed E-state index contributed by atoms with van der Waals surface area (Å²) in [6.07, 6.45) is 5.23. The number of thioether (sulfide) groups is 1. The van der Waals surface area contributed by atoms with Crippen molar-refractivity contribution in [2.45, 2.75) is 0 Å². The monoisotopic (exact) mass is 319 g/mol. The number of benzene rings is 1. The van der Waals surface area contributed by atoms with Crippen molar-refractivity contribution >= 4 is 46.0 Å². The number of rotatable bonds is 2. The Balaban J connectivity index is 1.92. The first kappa shape index (κ1) is 14.0. The van der Waals surface area contributed by atoms with E-state index in [9.17, 15) is 9.18 Å². The van der Waals surface area contributed by atoms with Gasteiger partial charge in [-0.25, -0.2) is 4.39 Å². The number of anilines is 1. The first-order chi connectivity index (χ1) is 10.0. The summed E-state index contributed by atoms with van der Waals surface area (Å²) in [5.41, 5.74) is 1.39. The van der Waals surface area contributed by atoms with Crippen molar-refractivity contribution in [2.75, 3.05) is 4.90 Å². The molecule has 4 nitrogen and oxygen atoms in total. The van der Waals surface area contributed by atoms with Gasteiger partial charge in [-0.15, -0.1) is 0 Å². The average Bonchev–Trinajstić information content (AvgIpc) is 2.96. The molecule has 1 aromatic heterocycles. The third-order valence-corrected chi connectivity index (χ3v) is 4.20. The summed E-state index contributed by atoms with van der Waals surface area (Å²) in [6.45, 7) is 0. The minimum Gasteiger partial charge on any atom is -0.275 e. The third-order valence-electron chi connectivity index (χ3n) is 2.90. The largest absolute Gasteiger partial charge is 0.275 e. The van der Waals surface area contributed by atoms with Crippen LogP contribution >= 0.6 is 24.0 Å². The molecule has 0 atom stereocenters. The SMILES string of the molecule is Cn1cc(/C=C2\SC(=S)N(c3ccc(F)cc3)C2=O)cn1. The Morgan fingerprint density at radius 3 is 2.67 bits per heavy atom. The van der Waals surface area contributed by atoms with Crippen LogP contribution in [0.5, 0.6) is 0 Å². The zero-order valence-corrected chi connectivity index (χ0v) is 12.6. The van der Waals surface area contributed by atoms with Crippen LogP contribution in [0.4, 0.5) is 10.1 Å². The molecule has 0 aliphatic carbocycles. The minimum absolute atomic E-state index is 0.208. The van der Waals surface area contributed by atoms with E-state index in [0.717, 1.165) is 5.56 Å². The smallest absolute Gasteiger partial charge is 0.270 e. The molecule has 1 aliphatic rings. The summed E-state index contributed by atoms with van der Waals surface area (Å²) in [4.78, 5) is 14.4. The van der Waals surface area contributed by atoms with E-state index in [4.69, 9.17) is 12.2 Å². The third kappa shape index (κ3) is 2.74. The Morgan fingerprint density at radius 2 is 2.05 bits per heavy atom. The molecule has 0 radical (unpaired) electrons. The van der Waals surface area contributed by atoms with Gasteiger partial charge >= 0.3 is 0 Å². The molecule has 2 heterocycles. The summed E-state index contributed by atoms with van der Waals surface area (Å²) in [5.74, 6) is -0.560. The number of aromatic nitrogens is 2. The molecule has 1 saturated heterocycles. The minimum atomic E-state index is -0.352. The fourth-order valence-electron chi connectivity index (χ4n) is 1.95. The molecule has 1 amide bonds. The van der Waals surface area contributed by atoms with Gasteiger partial charge in [0.1, 0.15) is 5.82 Å². The molecule has 106 valence electrons. The van der Waals surface area contributed by atoms with Crippen LogP contribution in [0.3, 0.4) is 0 Å². The summed E-state index contributed by atoms with van der Waals surface area (Å²) >= 11 is 6.47. The summed E-state index contributed by atoms with van der Waals surface area (Å²) in [7, 11) is 1.81. The van der Waals surface area contributed by atoms with Crippen LogP contribution in [0.15, 0.2) is 41.6 Å². The summed E-state index contributed by atoms with van der Waals surface area (Å²) in [6, 6.07) is 5.68. The predicted molar refractivity (Wildman–Crippen MR) is 85.3 cm³/mol. The number of thiocarbonyl (C=S) groups is 1. The van der Waals surface area contributed by atoms with Gasteiger partial charge in [0.15, 0.2) is 4.32 Å². The quantitative estimate of drug-likeness (QED) is 0.630. The Hall–Kier alpha value is -1.99. The number of nitrogens with zero attached hydrogens (tertiary/aromatic N) is 3. The van der Waals surface area contributed by atoms with Crippen molar-refractivity contribution in [1.29, 1.82) is 0 Å². The van der Waals surface area contributed by atoms with Crippen molar-refractivity contribution < 1.29 is 9.18 Å². The normalized spacial score (nSPS) is 17.0. The van der Waals surface area contributed by atoms with E-state index in [2.05, 4.69) is 5.10 Å². The van der Waals surface area contributed by atoms with Crippen LogP contribution in [-0.2, 0) is 11.8 Å². The molecule has 0 N–H and O–H groups in total. The van der Waals surface area contributed by atoms with Gasteiger partial charge in [-0.05, 0) is 30.3 Å². The maximum atomic E-state index is 13.0. The lowest BCUT2D eigenvalue weighted by atomic mass is 10.2. The van der Waals surface area contributed by atoms with E-state index in [0.29, 0.717) is 14.9 Å². The van der Waals surface area contributed by atoms with Gasteiger partial charge in [-0.3, -0.25) is 14.4 Å². The van der Waals surface area contributed by atoms with Gasteiger partial charge < -0.3 is 0 Å². The zero-order chi connectivity index (χ0) is 15.0. The molecule has 0 spiro atoms. The lowest BCUT2D eigenvalue weighted by molar-refractivity contribution is -0.113. The van der Waals surface area contributed by atoms with Crippen molar-refractivity contribution in [1.82, 2.24) is 9.78 Å². The Bertz CT molecular complexity index is 752. The second-order valence-corrected chi connectivity index (χ2v) is 6.12. The van der Waals surface area contributed by atoms with Crippen LogP contribution in [0.25, 0.3) is 6.08 Å². The molecule has 0 bridgehead atoms. The second-order valence-electron chi connectivity index (χ2n) is 4.44. The molecular formula is C14H10FN3OS2.